The Morgan fingerprint density at radius 3 is 2.90 bits per heavy atom. The van der Waals surface area contributed by atoms with Crippen molar-refractivity contribution >= 4 is 16.0 Å². The highest BCUT2D eigenvalue weighted by Crippen LogP contribution is 2.16. The van der Waals surface area contributed by atoms with Crippen molar-refractivity contribution < 1.29 is 18.3 Å². The van der Waals surface area contributed by atoms with Crippen LogP contribution in [0.4, 0.5) is 0 Å². The lowest BCUT2D eigenvalue weighted by molar-refractivity contribution is 0.0691. The van der Waals surface area contributed by atoms with Gasteiger partial charge in [0.05, 0.1) is 0 Å². The third kappa shape index (κ3) is 3.38. The van der Waals surface area contributed by atoms with Gasteiger partial charge in [-0.15, -0.1) is 0 Å². The lowest BCUT2D eigenvalue weighted by Gasteiger charge is -2.32. The summed E-state index contributed by atoms with van der Waals surface area (Å²) in [4.78, 5) is 15.3. The van der Waals surface area contributed by atoms with E-state index in [1.807, 2.05) is 7.05 Å². The van der Waals surface area contributed by atoms with E-state index in [9.17, 15) is 13.2 Å². The number of likely N-dealkylation sites (N-methyl/N-ethyl adjacent to an activating group) is 1. The van der Waals surface area contributed by atoms with Crippen molar-refractivity contribution in [2.24, 2.45) is 0 Å². The molecule has 1 atom stereocenters. The number of likely N-dealkylation sites (tertiary alicyclic amines) is 1. The molecule has 0 radical (unpaired) electrons. The first kappa shape index (κ1) is 15.0. The number of aromatic amines is 1. The third-order valence-corrected chi connectivity index (χ3v) is 5.03. The number of aromatic carboxylic acids is 1. The molecule has 1 aromatic rings. The number of nitrogens with zero attached hydrogens (tertiary/aromatic N) is 1. The Kier molecular flexibility index (Phi) is 4.46. The van der Waals surface area contributed by atoms with E-state index in [0.29, 0.717) is 6.54 Å². The van der Waals surface area contributed by atoms with Crippen molar-refractivity contribution in [2.45, 2.75) is 30.2 Å². The Hall–Kier alpha value is -1.38. The van der Waals surface area contributed by atoms with E-state index in [4.69, 9.17) is 5.11 Å². The molecule has 2 heterocycles. The Morgan fingerprint density at radius 1 is 1.55 bits per heavy atom. The van der Waals surface area contributed by atoms with E-state index >= 15 is 0 Å². The molecule has 1 saturated heterocycles. The van der Waals surface area contributed by atoms with Crippen LogP contribution in [-0.2, 0) is 10.0 Å². The molecular formula is C12H19N3O4S. The van der Waals surface area contributed by atoms with Crippen molar-refractivity contribution in [2.75, 3.05) is 20.1 Å². The van der Waals surface area contributed by atoms with Gasteiger partial charge in [-0.25, -0.2) is 17.9 Å². The van der Waals surface area contributed by atoms with Crippen LogP contribution in [0.5, 0.6) is 0 Å². The molecule has 2 rings (SSSR count). The van der Waals surface area contributed by atoms with Crippen molar-refractivity contribution in [3.63, 3.8) is 0 Å². The summed E-state index contributed by atoms with van der Waals surface area (Å²) in [5, 5.41) is 8.78. The summed E-state index contributed by atoms with van der Waals surface area (Å²) in [7, 11) is -1.68. The van der Waals surface area contributed by atoms with Gasteiger partial charge in [0.2, 0.25) is 10.0 Å². The monoisotopic (exact) mass is 301 g/mol. The van der Waals surface area contributed by atoms with E-state index < -0.39 is 16.0 Å². The van der Waals surface area contributed by atoms with Gasteiger partial charge in [0.1, 0.15) is 10.6 Å². The number of carboxylic acids is 1. The fourth-order valence-corrected chi connectivity index (χ4v) is 3.41. The van der Waals surface area contributed by atoms with Crippen molar-refractivity contribution in [3.05, 3.63) is 18.0 Å². The highest BCUT2D eigenvalue weighted by molar-refractivity contribution is 7.89. The summed E-state index contributed by atoms with van der Waals surface area (Å²) in [6.45, 7) is 1.31. The third-order valence-electron chi connectivity index (χ3n) is 3.63. The van der Waals surface area contributed by atoms with Gasteiger partial charge in [0, 0.05) is 18.8 Å². The molecule has 20 heavy (non-hydrogen) atoms. The zero-order chi connectivity index (χ0) is 14.8. The Morgan fingerprint density at radius 2 is 2.30 bits per heavy atom. The molecule has 1 aromatic heterocycles. The minimum Gasteiger partial charge on any atom is -0.477 e. The molecule has 112 valence electrons. The van der Waals surface area contributed by atoms with E-state index in [2.05, 4.69) is 14.6 Å². The van der Waals surface area contributed by atoms with Crippen LogP contribution in [0, 0.1) is 0 Å². The van der Waals surface area contributed by atoms with Gasteiger partial charge >= 0.3 is 5.97 Å². The summed E-state index contributed by atoms with van der Waals surface area (Å²) in [5.41, 5.74) is -0.139. The number of rotatable bonds is 5. The van der Waals surface area contributed by atoms with Crippen LogP contribution < -0.4 is 4.72 Å². The molecule has 0 aromatic carbocycles. The first-order valence-electron chi connectivity index (χ1n) is 6.52. The summed E-state index contributed by atoms with van der Waals surface area (Å²) in [6, 6.07) is 1.31. The topological polar surface area (TPSA) is 103 Å². The van der Waals surface area contributed by atoms with Crippen LogP contribution in [0.1, 0.15) is 29.8 Å². The average Bonchev–Trinajstić information content (AvgIpc) is 2.88. The summed E-state index contributed by atoms with van der Waals surface area (Å²) in [5.74, 6) is -1.18. The number of nitrogens with one attached hydrogen (secondary N) is 2. The molecule has 1 unspecified atom stereocenters. The number of aromatic nitrogens is 1. The number of H-pyrrole nitrogens is 1. The van der Waals surface area contributed by atoms with Crippen LogP contribution in [0.3, 0.4) is 0 Å². The lowest BCUT2D eigenvalue weighted by atomic mass is 10.0. The minimum atomic E-state index is -3.67. The fraction of sp³-hybridized carbons (Fsp3) is 0.583. The molecule has 0 aliphatic carbocycles. The Labute approximate surface area is 118 Å². The van der Waals surface area contributed by atoms with Gasteiger partial charge in [-0.1, -0.05) is 6.42 Å². The smallest absolute Gasteiger partial charge is 0.352 e. The highest BCUT2D eigenvalue weighted by atomic mass is 32.2. The normalized spacial score (nSPS) is 20.9. The largest absolute Gasteiger partial charge is 0.477 e. The second-order valence-corrected chi connectivity index (χ2v) is 6.80. The summed E-state index contributed by atoms with van der Waals surface area (Å²) in [6.07, 6.45) is 4.40. The SMILES string of the molecule is CN1CCCCC1CNS(=O)(=O)c1c[nH]c(C(=O)O)c1. The van der Waals surface area contributed by atoms with Crippen LogP contribution in [0.25, 0.3) is 0 Å². The molecule has 1 aliphatic rings. The first-order valence-corrected chi connectivity index (χ1v) is 8.00. The number of carboxylic acid groups (broad SMARTS) is 1. The van der Waals surface area contributed by atoms with Gasteiger partial charge < -0.3 is 15.0 Å². The van der Waals surface area contributed by atoms with E-state index in [0.717, 1.165) is 31.9 Å². The molecule has 0 bridgehead atoms. The standard InChI is InChI=1S/C12H19N3O4S/c1-15-5-3-2-4-9(15)7-14-20(18,19)10-6-11(12(16)17)13-8-10/h6,8-9,13-14H,2-5,7H2,1H3,(H,16,17). The van der Waals surface area contributed by atoms with Crippen LogP contribution >= 0.6 is 0 Å². The van der Waals surface area contributed by atoms with Crippen molar-refractivity contribution in [1.82, 2.24) is 14.6 Å². The van der Waals surface area contributed by atoms with Gasteiger partial charge in [0.25, 0.3) is 0 Å². The van der Waals surface area contributed by atoms with Crippen molar-refractivity contribution in [3.8, 4) is 0 Å². The molecule has 0 saturated carbocycles. The zero-order valence-corrected chi connectivity index (χ0v) is 12.1. The minimum absolute atomic E-state index is 0.0478. The quantitative estimate of drug-likeness (QED) is 0.734. The molecule has 1 aliphatic heterocycles. The maximum Gasteiger partial charge on any atom is 0.352 e. The van der Waals surface area contributed by atoms with Crippen LogP contribution in [0.15, 0.2) is 17.2 Å². The van der Waals surface area contributed by atoms with Crippen LogP contribution in [-0.4, -0.2) is 55.6 Å². The second-order valence-electron chi connectivity index (χ2n) is 5.04. The molecule has 7 nitrogen and oxygen atoms in total. The molecule has 0 amide bonds. The van der Waals surface area contributed by atoms with Gasteiger partial charge in [-0.3, -0.25) is 0 Å². The molecule has 8 heteroatoms. The average molecular weight is 301 g/mol. The number of hydrogen-bond acceptors (Lipinski definition) is 4. The van der Waals surface area contributed by atoms with Gasteiger partial charge in [-0.2, -0.15) is 0 Å². The highest BCUT2D eigenvalue weighted by Gasteiger charge is 2.23. The van der Waals surface area contributed by atoms with Gasteiger partial charge in [-0.05, 0) is 32.5 Å². The predicted octanol–water partition coefficient (Wildman–Crippen LogP) is 0.476. The maximum atomic E-state index is 12.1. The molecule has 1 fully saturated rings. The van der Waals surface area contributed by atoms with Crippen molar-refractivity contribution in [1.29, 1.82) is 0 Å². The second kappa shape index (κ2) is 5.94. The Bertz CT molecular complexity index is 581. The molecule has 3 N–H and O–H groups in total. The van der Waals surface area contributed by atoms with Gasteiger partial charge in [0.15, 0.2) is 0 Å². The first-order chi connectivity index (χ1) is 9.40. The number of carbonyl (C=O) groups is 1. The fourth-order valence-electron chi connectivity index (χ4n) is 2.34. The molecule has 0 spiro atoms. The van der Waals surface area contributed by atoms with E-state index in [1.54, 1.807) is 0 Å². The summed E-state index contributed by atoms with van der Waals surface area (Å²) >= 11 is 0. The van der Waals surface area contributed by atoms with Crippen LogP contribution in [0.2, 0.25) is 0 Å². The maximum absolute atomic E-state index is 12.1. The van der Waals surface area contributed by atoms with E-state index in [-0.39, 0.29) is 16.6 Å². The lowest BCUT2D eigenvalue weighted by Crippen LogP contribution is -2.44. The molecular weight excluding hydrogens is 282 g/mol. The number of piperidine rings is 1. The Balaban J connectivity index is 2.01. The number of hydrogen-bond donors (Lipinski definition) is 3. The number of sulfonamides is 1. The van der Waals surface area contributed by atoms with E-state index in [1.165, 1.54) is 6.20 Å². The zero-order valence-electron chi connectivity index (χ0n) is 11.3. The predicted molar refractivity (Wildman–Crippen MR) is 73.2 cm³/mol. The summed E-state index contributed by atoms with van der Waals surface area (Å²) < 4.78 is 26.7.